The molecule has 3 heterocycles. The molecule has 6 rings (SSSR count). The Balaban J connectivity index is 1.25. The predicted molar refractivity (Wildman–Crippen MR) is 159 cm³/mol. The monoisotopic (exact) mass is 579 g/mol. The van der Waals surface area contributed by atoms with Crippen molar-refractivity contribution in [3.8, 4) is 11.8 Å². The van der Waals surface area contributed by atoms with Crippen LogP contribution in [-0.2, 0) is 14.8 Å². The Morgan fingerprint density at radius 2 is 1.88 bits per heavy atom. The number of rotatable bonds is 7. The van der Waals surface area contributed by atoms with Crippen molar-refractivity contribution in [3.63, 3.8) is 0 Å². The highest BCUT2D eigenvalue weighted by Crippen LogP contribution is 2.54. The molecule has 2 aliphatic carbocycles. The van der Waals surface area contributed by atoms with Gasteiger partial charge in [-0.2, -0.15) is 0 Å². The van der Waals surface area contributed by atoms with E-state index in [1.807, 2.05) is 19.1 Å². The van der Waals surface area contributed by atoms with Crippen LogP contribution in [0.25, 0.3) is 0 Å². The summed E-state index contributed by atoms with van der Waals surface area (Å²) >= 11 is 0. The number of amides is 1. The number of aromatic nitrogens is 1. The van der Waals surface area contributed by atoms with Gasteiger partial charge in [0.1, 0.15) is 18.2 Å². The third-order valence-corrected chi connectivity index (χ3v) is 10.8. The van der Waals surface area contributed by atoms with E-state index >= 15 is 0 Å². The summed E-state index contributed by atoms with van der Waals surface area (Å²) in [4.78, 5) is 22.7. The van der Waals surface area contributed by atoms with Crippen LogP contribution >= 0.6 is 0 Å². The average Bonchev–Trinajstić information content (AvgIpc) is 3.90. The first-order valence-corrected chi connectivity index (χ1v) is 15.9. The molecule has 1 aromatic heterocycles. The number of morpholine rings is 1. The van der Waals surface area contributed by atoms with E-state index < -0.39 is 14.8 Å². The van der Waals surface area contributed by atoms with Gasteiger partial charge in [-0.1, -0.05) is 17.9 Å². The molecule has 1 atom stereocenters. The fourth-order valence-electron chi connectivity index (χ4n) is 5.85. The second kappa shape index (κ2) is 10.8. The molecule has 0 radical (unpaired) electrons. The summed E-state index contributed by atoms with van der Waals surface area (Å²) in [7, 11) is -3.81. The van der Waals surface area contributed by atoms with E-state index in [0.29, 0.717) is 47.6 Å². The molecule has 1 amide bonds. The number of anilines is 4. The highest BCUT2D eigenvalue weighted by atomic mass is 32.2. The number of hydrogen-bond donors (Lipinski definition) is 3. The molecule has 4 aliphatic rings. The summed E-state index contributed by atoms with van der Waals surface area (Å²) < 4.78 is 33.6. The predicted octanol–water partition coefficient (Wildman–Crippen LogP) is 3.21. The second-order valence-corrected chi connectivity index (χ2v) is 13.7. The van der Waals surface area contributed by atoms with Gasteiger partial charge in [0.2, 0.25) is 10.0 Å². The van der Waals surface area contributed by atoms with Gasteiger partial charge in [0.15, 0.2) is 4.75 Å². The molecule has 218 valence electrons. The molecule has 10 nitrogen and oxygen atoms in total. The molecule has 2 saturated heterocycles. The van der Waals surface area contributed by atoms with E-state index in [-0.39, 0.29) is 18.6 Å². The summed E-state index contributed by atoms with van der Waals surface area (Å²) in [5.41, 5.74) is 2.00. The van der Waals surface area contributed by atoms with Crippen LogP contribution in [-0.4, -0.2) is 74.7 Å². The van der Waals surface area contributed by atoms with Crippen molar-refractivity contribution in [2.45, 2.75) is 56.3 Å². The van der Waals surface area contributed by atoms with E-state index in [1.165, 1.54) is 12.8 Å². The van der Waals surface area contributed by atoms with Crippen LogP contribution in [0, 0.1) is 17.3 Å². The molecule has 1 aromatic carbocycles. The zero-order valence-corrected chi connectivity index (χ0v) is 24.2. The van der Waals surface area contributed by atoms with Crippen LogP contribution in [0.2, 0.25) is 0 Å². The first kappa shape index (κ1) is 27.8. The minimum absolute atomic E-state index is 0.109. The summed E-state index contributed by atoms with van der Waals surface area (Å²) in [5, 5.41) is 12.0. The van der Waals surface area contributed by atoms with Gasteiger partial charge >= 0.3 is 0 Å². The number of carbonyl (C=O) groups excluding carboxylic acids is 1. The molecule has 1 spiro atoms. The zero-order chi connectivity index (χ0) is 28.7. The minimum atomic E-state index is -3.81. The topological polar surface area (TPSA) is 124 Å². The average molecular weight is 580 g/mol. The SMILES string of the molecule is C[C@@H]1CN(c2cccc(NC(=O)c3ccc(NS(=O)(=O)C4(C#CCO)CC4)cc3N3CCC4(CC3)CC4)n2)CCO1. The van der Waals surface area contributed by atoms with Crippen LogP contribution in [0.4, 0.5) is 23.0 Å². The summed E-state index contributed by atoms with van der Waals surface area (Å²) in [5.74, 6) is 6.16. The van der Waals surface area contributed by atoms with Gasteiger partial charge in [-0.05, 0) is 81.2 Å². The molecule has 0 bridgehead atoms. The Hall–Kier alpha value is -3.33. The normalized spacial score (nSPS) is 22.4. The van der Waals surface area contributed by atoms with Crippen molar-refractivity contribution in [2.75, 3.05) is 59.2 Å². The minimum Gasteiger partial charge on any atom is -0.384 e. The molecule has 41 heavy (non-hydrogen) atoms. The summed E-state index contributed by atoms with van der Waals surface area (Å²) in [6, 6.07) is 10.6. The fourth-order valence-corrected chi connectivity index (χ4v) is 7.33. The summed E-state index contributed by atoms with van der Waals surface area (Å²) in [6.07, 6.45) is 5.59. The third kappa shape index (κ3) is 5.87. The Kier molecular flexibility index (Phi) is 7.34. The lowest BCUT2D eigenvalue weighted by molar-refractivity contribution is 0.0529. The fraction of sp³-hybridized carbons (Fsp3) is 0.533. The largest absolute Gasteiger partial charge is 0.384 e. The van der Waals surface area contributed by atoms with Crippen molar-refractivity contribution in [1.82, 2.24) is 4.98 Å². The second-order valence-electron chi connectivity index (χ2n) is 11.7. The number of carbonyl (C=O) groups is 1. The van der Waals surface area contributed by atoms with Crippen molar-refractivity contribution in [3.05, 3.63) is 42.0 Å². The maximum absolute atomic E-state index is 13.6. The third-order valence-electron chi connectivity index (χ3n) is 8.77. The number of benzene rings is 1. The molecule has 3 N–H and O–H groups in total. The lowest BCUT2D eigenvalue weighted by Gasteiger charge is -2.35. The number of hydrogen-bond acceptors (Lipinski definition) is 8. The first-order chi connectivity index (χ1) is 19.7. The smallest absolute Gasteiger partial charge is 0.258 e. The molecule has 2 saturated carbocycles. The lowest BCUT2D eigenvalue weighted by Crippen LogP contribution is -2.41. The number of aliphatic hydroxyl groups is 1. The van der Waals surface area contributed by atoms with Crippen molar-refractivity contribution in [1.29, 1.82) is 0 Å². The quantitative estimate of drug-likeness (QED) is 0.428. The van der Waals surface area contributed by atoms with Gasteiger partial charge in [0, 0.05) is 26.2 Å². The highest BCUT2D eigenvalue weighted by Gasteiger charge is 2.54. The molecular formula is C30H37N5O5S. The molecule has 0 unspecified atom stereocenters. The number of pyridine rings is 1. The molecule has 11 heteroatoms. The highest BCUT2D eigenvalue weighted by molar-refractivity contribution is 7.94. The Labute approximate surface area is 241 Å². The van der Waals surface area contributed by atoms with E-state index in [4.69, 9.17) is 14.8 Å². The van der Waals surface area contributed by atoms with E-state index in [9.17, 15) is 13.2 Å². The Bertz CT molecular complexity index is 1480. The number of ether oxygens (including phenoxy) is 1. The van der Waals surface area contributed by atoms with Gasteiger partial charge in [-0.25, -0.2) is 13.4 Å². The van der Waals surface area contributed by atoms with Crippen LogP contribution in [0.15, 0.2) is 36.4 Å². The van der Waals surface area contributed by atoms with E-state index in [2.05, 4.69) is 31.7 Å². The lowest BCUT2D eigenvalue weighted by atomic mass is 9.93. The van der Waals surface area contributed by atoms with Gasteiger partial charge in [-0.15, -0.1) is 0 Å². The van der Waals surface area contributed by atoms with Crippen LogP contribution in [0.5, 0.6) is 0 Å². The van der Waals surface area contributed by atoms with Crippen molar-refractivity contribution in [2.24, 2.45) is 5.41 Å². The number of aliphatic hydroxyl groups excluding tert-OH is 1. The molecule has 4 fully saturated rings. The van der Waals surface area contributed by atoms with E-state index in [0.717, 1.165) is 44.8 Å². The maximum atomic E-state index is 13.6. The number of piperidine rings is 1. The zero-order valence-electron chi connectivity index (χ0n) is 23.4. The molecule has 2 aromatic rings. The van der Waals surface area contributed by atoms with Crippen molar-refractivity contribution < 1.29 is 23.1 Å². The standard InChI is InChI=1S/C30H37N5O5S/c1-22-21-35(17-19-40-22)27-5-2-4-26(31-27)32-28(37)24-7-6-23(33-41(38,39)30(11-12-30)8-3-18-36)20-25(24)34-15-13-29(9-10-29)14-16-34/h2,4-7,20,22,33,36H,9-19,21H2,1H3,(H,31,32,37)/t22-/m1/s1. The Morgan fingerprint density at radius 1 is 1.10 bits per heavy atom. The first-order valence-electron chi connectivity index (χ1n) is 14.4. The van der Waals surface area contributed by atoms with Crippen LogP contribution in [0.3, 0.4) is 0 Å². The van der Waals surface area contributed by atoms with Gasteiger partial charge in [0.05, 0.1) is 29.6 Å². The van der Waals surface area contributed by atoms with Gasteiger partial charge in [0.25, 0.3) is 5.91 Å². The number of nitrogens with one attached hydrogen (secondary N) is 2. The maximum Gasteiger partial charge on any atom is 0.258 e. The van der Waals surface area contributed by atoms with Gasteiger partial charge < -0.3 is 25.0 Å². The number of sulfonamides is 1. The summed E-state index contributed by atoms with van der Waals surface area (Å²) in [6.45, 7) is 5.36. The van der Waals surface area contributed by atoms with Crippen LogP contribution in [0.1, 0.15) is 55.8 Å². The van der Waals surface area contributed by atoms with Crippen molar-refractivity contribution >= 4 is 38.9 Å². The molecule has 2 aliphatic heterocycles. The van der Waals surface area contributed by atoms with Gasteiger partial charge in [-0.3, -0.25) is 9.52 Å². The van der Waals surface area contributed by atoms with Crippen LogP contribution < -0.4 is 19.8 Å². The Morgan fingerprint density at radius 3 is 2.56 bits per heavy atom. The molecular weight excluding hydrogens is 542 g/mol. The number of nitrogens with zero attached hydrogens (tertiary/aromatic N) is 3. The van der Waals surface area contributed by atoms with E-state index in [1.54, 1.807) is 24.3 Å².